The Hall–Kier alpha value is -1.06. The number of hydrogen-bond donors (Lipinski definition) is 0. The first-order valence-corrected chi connectivity index (χ1v) is 6.25. The summed E-state index contributed by atoms with van der Waals surface area (Å²) in [6, 6.07) is 0. The number of amides is 1. The molecule has 1 aliphatic rings. The Kier molecular flexibility index (Phi) is 3.84. The summed E-state index contributed by atoms with van der Waals surface area (Å²) in [5.74, 6) is 0.250. The number of carbonyl (C=O) groups excluding carboxylic acids is 2. The van der Waals surface area contributed by atoms with Crippen LogP contribution in [0.2, 0.25) is 0 Å². The maximum absolute atomic E-state index is 11.8. The van der Waals surface area contributed by atoms with E-state index >= 15 is 0 Å². The summed E-state index contributed by atoms with van der Waals surface area (Å²) in [5.41, 5.74) is -0.790. The number of rotatable bonds is 3. The molecule has 1 amide bonds. The highest BCUT2D eigenvalue weighted by Gasteiger charge is 2.49. The summed E-state index contributed by atoms with van der Waals surface area (Å²) in [6.07, 6.45) is 1.01. The molecule has 98 valence electrons. The third kappa shape index (κ3) is 2.99. The molecule has 0 aromatic heterocycles. The molecule has 0 spiro atoms. The van der Waals surface area contributed by atoms with E-state index in [4.69, 9.17) is 4.74 Å². The van der Waals surface area contributed by atoms with E-state index < -0.39 is 5.60 Å². The first kappa shape index (κ1) is 14.0. The molecule has 1 aliphatic heterocycles. The molecule has 1 saturated heterocycles. The number of Topliss-reactive ketones (excluding diaryl/α,β-unsaturated/α-hetero) is 1. The summed E-state index contributed by atoms with van der Waals surface area (Å²) in [4.78, 5) is 25.2. The number of hydrogen-bond acceptors (Lipinski definition) is 3. The summed E-state index contributed by atoms with van der Waals surface area (Å²) >= 11 is 0. The Morgan fingerprint density at radius 1 is 1.24 bits per heavy atom. The van der Waals surface area contributed by atoms with Crippen LogP contribution in [-0.2, 0) is 9.53 Å². The van der Waals surface area contributed by atoms with Crippen LogP contribution in [0, 0.1) is 5.41 Å². The number of carbonyl (C=O) groups is 2. The third-order valence-electron chi connectivity index (χ3n) is 3.23. The van der Waals surface area contributed by atoms with Crippen molar-refractivity contribution in [1.82, 2.24) is 4.90 Å². The number of ether oxygens (including phenoxy) is 1. The molecule has 0 unspecified atom stereocenters. The number of ketones is 1. The minimum atomic E-state index is -0.476. The molecule has 0 radical (unpaired) electrons. The van der Waals surface area contributed by atoms with Crippen molar-refractivity contribution in [3.05, 3.63) is 0 Å². The van der Waals surface area contributed by atoms with Crippen LogP contribution in [0.15, 0.2) is 0 Å². The predicted molar refractivity (Wildman–Crippen MR) is 65.8 cm³/mol. The van der Waals surface area contributed by atoms with Crippen molar-refractivity contribution in [2.24, 2.45) is 5.41 Å². The normalized spacial score (nSPS) is 18.5. The average Bonchev–Trinajstić information content (AvgIpc) is 2.13. The van der Waals surface area contributed by atoms with Gasteiger partial charge in [-0.2, -0.15) is 0 Å². The highest BCUT2D eigenvalue weighted by atomic mass is 16.6. The van der Waals surface area contributed by atoms with Gasteiger partial charge in [-0.1, -0.05) is 13.8 Å². The molecule has 0 bridgehead atoms. The zero-order valence-electron chi connectivity index (χ0n) is 11.5. The molecule has 1 rings (SSSR count). The predicted octanol–water partition coefficient (Wildman–Crippen LogP) is 2.61. The molecule has 0 N–H and O–H groups in total. The van der Waals surface area contributed by atoms with Crippen molar-refractivity contribution in [3.8, 4) is 0 Å². The molecule has 1 heterocycles. The molecule has 0 atom stereocenters. The molecule has 0 saturated carbocycles. The van der Waals surface area contributed by atoms with Crippen molar-refractivity contribution >= 4 is 11.9 Å². The van der Waals surface area contributed by atoms with Gasteiger partial charge in [0.25, 0.3) is 0 Å². The van der Waals surface area contributed by atoms with Gasteiger partial charge in [-0.25, -0.2) is 4.79 Å². The lowest BCUT2D eigenvalue weighted by Crippen LogP contribution is -2.62. The van der Waals surface area contributed by atoms with Crippen LogP contribution < -0.4 is 0 Å². The molecule has 1 fully saturated rings. The van der Waals surface area contributed by atoms with Gasteiger partial charge in [-0.3, -0.25) is 4.79 Å². The number of likely N-dealkylation sites (tertiary alicyclic amines) is 1. The van der Waals surface area contributed by atoms with Crippen LogP contribution in [0.25, 0.3) is 0 Å². The summed E-state index contributed by atoms with van der Waals surface area (Å²) < 4.78 is 5.27. The largest absolute Gasteiger partial charge is 0.444 e. The van der Waals surface area contributed by atoms with E-state index in [2.05, 4.69) is 0 Å². The topological polar surface area (TPSA) is 46.6 Å². The SMILES string of the molecule is CCC(=O)C1(CC)CN(C(=O)OC(C)(C)C)C1. The third-order valence-corrected chi connectivity index (χ3v) is 3.23. The minimum Gasteiger partial charge on any atom is -0.444 e. The summed E-state index contributed by atoms with van der Waals surface area (Å²) in [6.45, 7) is 10.4. The lowest BCUT2D eigenvalue weighted by molar-refractivity contribution is -0.138. The second kappa shape index (κ2) is 4.67. The van der Waals surface area contributed by atoms with E-state index in [1.807, 2.05) is 34.6 Å². The fourth-order valence-corrected chi connectivity index (χ4v) is 2.11. The second-order valence-corrected chi connectivity index (χ2v) is 5.75. The zero-order valence-corrected chi connectivity index (χ0v) is 11.5. The van der Waals surface area contributed by atoms with Gasteiger partial charge in [0.05, 0.1) is 5.41 Å². The summed E-state index contributed by atoms with van der Waals surface area (Å²) in [5, 5.41) is 0. The minimum absolute atomic E-state index is 0.250. The van der Waals surface area contributed by atoms with Crippen LogP contribution >= 0.6 is 0 Å². The van der Waals surface area contributed by atoms with Gasteiger partial charge in [0, 0.05) is 19.5 Å². The van der Waals surface area contributed by atoms with E-state index in [9.17, 15) is 9.59 Å². The van der Waals surface area contributed by atoms with E-state index in [0.29, 0.717) is 19.5 Å². The van der Waals surface area contributed by atoms with E-state index in [1.165, 1.54) is 0 Å². The highest BCUT2D eigenvalue weighted by molar-refractivity contribution is 5.88. The molecular weight excluding hydrogens is 218 g/mol. The van der Waals surface area contributed by atoms with Crippen LogP contribution in [0.5, 0.6) is 0 Å². The van der Waals surface area contributed by atoms with Crippen LogP contribution in [0.3, 0.4) is 0 Å². The van der Waals surface area contributed by atoms with Crippen molar-refractivity contribution in [3.63, 3.8) is 0 Å². The van der Waals surface area contributed by atoms with Gasteiger partial charge >= 0.3 is 6.09 Å². The van der Waals surface area contributed by atoms with Crippen LogP contribution in [0.1, 0.15) is 47.5 Å². The Bertz CT molecular complexity index is 311. The second-order valence-electron chi connectivity index (χ2n) is 5.75. The smallest absolute Gasteiger partial charge is 0.410 e. The van der Waals surface area contributed by atoms with Gasteiger partial charge in [0.1, 0.15) is 11.4 Å². The lowest BCUT2D eigenvalue weighted by atomic mass is 9.73. The quantitative estimate of drug-likeness (QED) is 0.763. The maximum Gasteiger partial charge on any atom is 0.410 e. The molecular formula is C13H23NO3. The highest BCUT2D eigenvalue weighted by Crippen LogP contribution is 2.36. The zero-order chi connectivity index (χ0) is 13.3. The van der Waals surface area contributed by atoms with Gasteiger partial charge in [-0.05, 0) is 27.2 Å². The van der Waals surface area contributed by atoms with E-state index in [-0.39, 0.29) is 17.3 Å². The van der Waals surface area contributed by atoms with Crippen molar-refractivity contribution in [2.75, 3.05) is 13.1 Å². The molecule has 0 aliphatic carbocycles. The van der Waals surface area contributed by atoms with Gasteiger partial charge < -0.3 is 9.64 Å². The Morgan fingerprint density at radius 2 is 1.76 bits per heavy atom. The fraction of sp³-hybridized carbons (Fsp3) is 0.846. The maximum atomic E-state index is 11.8. The first-order valence-electron chi connectivity index (χ1n) is 6.25. The fourth-order valence-electron chi connectivity index (χ4n) is 2.11. The molecule has 0 aromatic rings. The Labute approximate surface area is 103 Å². The van der Waals surface area contributed by atoms with Crippen molar-refractivity contribution < 1.29 is 14.3 Å². The van der Waals surface area contributed by atoms with Crippen LogP contribution in [0.4, 0.5) is 4.79 Å². The molecule has 0 aromatic carbocycles. The Balaban J connectivity index is 2.55. The van der Waals surface area contributed by atoms with Crippen molar-refractivity contribution in [2.45, 2.75) is 53.1 Å². The average molecular weight is 241 g/mol. The molecule has 4 nitrogen and oxygen atoms in total. The standard InChI is InChI=1S/C13H23NO3/c1-6-10(15)13(7-2)8-14(9-13)11(16)17-12(3,4)5/h6-9H2,1-5H3. The molecule has 17 heavy (non-hydrogen) atoms. The van der Waals surface area contributed by atoms with E-state index in [0.717, 1.165) is 6.42 Å². The van der Waals surface area contributed by atoms with E-state index in [1.54, 1.807) is 4.90 Å². The monoisotopic (exact) mass is 241 g/mol. The summed E-state index contributed by atoms with van der Waals surface area (Å²) in [7, 11) is 0. The van der Waals surface area contributed by atoms with Gasteiger partial charge in [0.2, 0.25) is 0 Å². The van der Waals surface area contributed by atoms with Gasteiger partial charge in [0.15, 0.2) is 0 Å². The van der Waals surface area contributed by atoms with Crippen molar-refractivity contribution in [1.29, 1.82) is 0 Å². The lowest BCUT2D eigenvalue weighted by Gasteiger charge is -2.48. The van der Waals surface area contributed by atoms with Crippen LogP contribution in [-0.4, -0.2) is 35.5 Å². The van der Waals surface area contributed by atoms with Gasteiger partial charge in [-0.15, -0.1) is 0 Å². The first-order chi connectivity index (χ1) is 7.74. The Morgan fingerprint density at radius 3 is 2.12 bits per heavy atom. The molecule has 4 heteroatoms. The number of nitrogens with zero attached hydrogens (tertiary/aromatic N) is 1.